The predicted molar refractivity (Wildman–Crippen MR) is 86.3 cm³/mol. The van der Waals surface area contributed by atoms with E-state index in [1.54, 1.807) is 35.2 Å². The molecule has 2 aromatic rings. The third-order valence-electron chi connectivity index (χ3n) is 2.90. The number of carbonyl (C=O) groups is 1. The summed E-state index contributed by atoms with van der Waals surface area (Å²) in [5, 5.41) is 3.23. The molecule has 0 radical (unpaired) electrons. The minimum atomic E-state index is -0.417. The molecule has 4 nitrogen and oxygen atoms in total. The Hall–Kier alpha value is -2.27. The summed E-state index contributed by atoms with van der Waals surface area (Å²) in [7, 11) is 3.63. The monoisotopic (exact) mass is 322 g/mol. The normalized spacial score (nSPS) is 10.2. The average molecular weight is 323 g/mol. The number of carbonyl (C=O) groups excluding carboxylic acids is 1. The summed E-state index contributed by atoms with van der Waals surface area (Å²) in [5.74, 6) is -0.255. The largest absolute Gasteiger partial charge is 0.484 e. The summed E-state index contributed by atoms with van der Waals surface area (Å²) in [6.07, 6.45) is 0. The summed E-state index contributed by atoms with van der Waals surface area (Å²) in [4.78, 5) is 13.7. The molecule has 0 spiro atoms. The second kappa shape index (κ2) is 7.13. The molecule has 2 aromatic carbocycles. The fraction of sp³-hybridized carbons (Fsp3) is 0.188. The van der Waals surface area contributed by atoms with Crippen LogP contribution in [0, 0.1) is 5.82 Å². The Morgan fingerprint density at radius 1 is 1.23 bits per heavy atom. The summed E-state index contributed by atoms with van der Waals surface area (Å²) < 4.78 is 18.7. The van der Waals surface area contributed by atoms with E-state index in [2.05, 4.69) is 5.32 Å². The zero-order valence-electron chi connectivity index (χ0n) is 12.3. The van der Waals surface area contributed by atoms with Crippen molar-refractivity contribution >= 4 is 28.9 Å². The summed E-state index contributed by atoms with van der Waals surface area (Å²) >= 11 is 5.77. The van der Waals surface area contributed by atoms with Crippen LogP contribution in [0.2, 0.25) is 5.02 Å². The molecule has 0 atom stereocenters. The first-order valence-electron chi connectivity index (χ1n) is 6.61. The molecule has 0 bridgehead atoms. The number of nitrogens with zero attached hydrogens (tertiary/aromatic N) is 1. The number of benzene rings is 2. The zero-order chi connectivity index (χ0) is 16.1. The third-order valence-corrected chi connectivity index (χ3v) is 3.15. The van der Waals surface area contributed by atoms with E-state index in [0.717, 1.165) is 0 Å². The smallest absolute Gasteiger partial charge is 0.262 e. The van der Waals surface area contributed by atoms with Crippen molar-refractivity contribution in [3.8, 4) is 5.75 Å². The van der Waals surface area contributed by atoms with Crippen molar-refractivity contribution in [1.29, 1.82) is 0 Å². The number of rotatable bonds is 5. The van der Waals surface area contributed by atoms with Gasteiger partial charge in [0.15, 0.2) is 6.61 Å². The van der Waals surface area contributed by atoms with Crippen molar-refractivity contribution in [3.63, 3.8) is 0 Å². The first-order valence-corrected chi connectivity index (χ1v) is 6.98. The van der Waals surface area contributed by atoms with E-state index in [0.29, 0.717) is 22.1 Å². The van der Waals surface area contributed by atoms with Crippen LogP contribution in [0.1, 0.15) is 0 Å². The van der Waals surface area contributed by atoms with Crippen LogP contribution in [0.4, 0.5) is 15.8 Å². The Balaban J connectivity index is 2.00. The van der Waals surface area contributed by atoms with Crippen LogP contribution in [0.5, 0.6) is 5.75 Å². The van der Waals surface area contributed by atoms with Crippen LogP contribution in [0.25, 0.3) is 0 Å². The maximum Gasteiger partial charge on any atom is 0.262 e. The SMILES string of the molecule is CN(C)c1ccc(F)cc1NC(=O)COc1ccc(Cl)cc1. The second-order valence-electron chi connectivity index (χ2n) is 4.85. The molecule has 116 valence electrons. The highest BCUT2D eigenvalue weighted by atomic mass is 35.5. The van der Waals surface area contributed by atoms with E-state index < -0.39 is 5.82 Å². The molecule has 6 heteroatoms. The van der Waals surface area contributed by atoms with E-state index in [1.807, 2.05) is 14.1 Å². The molecule has 0 heterocycles. The van der Waals surface area contributed by atoms with Crippen molar-refractivity contribution in [3.05, 3.63) is 53.3 Å². The molecular formula is C16H16ClFN2O2. The maximum atomic E-state index is 13.3. The van der Waals surface area contributed by atoms with Gasteiger partial charge in [0.25, 0.3) is 5.91 Å². The molecule has 0 saturated carbocycles. The van der Waals surface area contributed by atoms with Crippen molar-refractivity contribution in [2.45, 2.75) is 0 Å². The maximum absolute atomic E-state index is 13.3. The van der Waals surface area contributed by atoms with E-state index in [4.69, 9.17) is 16.3 Å². The van der Waals surface area contributed by atoms with Gasteiger partial charge in [0.05, 0.1) is 11.4 Å². The standard InChI is InChI=1S/C16H16ClFN2O2/c1-20(2)15-8-5-12(18)9-14(15)19-16(21)10-22-13-6-3-11(17)4-7-13/h3-9H,10H2,1-2H3,(H,19,21). The fourth-order valence-electron chi connectivity index (χ4n) is 1.86. The van der Waals surface area contributed by atoms with Gasteiger partial charge in [-0.15, -0.1) is 0 Å². The van der Waals surface area contributed by atoms with Gasteiger partial charge in [-0.3, -0.25) is 4.79 Å². The Morgan fingerprint density at radius 2 is 1.91 bits per heavy atom. The average Bonchev–Trinajstić information content (AvgIpc) is 2.46. The Labute approximate surface area is 133 Å². The molecular weight excluding hydrogens is 307 g/mol. The lowest BCUT2D eigenvalue weighted by molar-refractivity contribution is -0.118. The third kappa shape index (κ3) is 4.36. The first kappa shape index (κ1) is 16.1. The van der Waals surface area contributed by atoms with Crippen LogP contribution in [-0.2, 0) is 4.79 Å². The van der Waals surface area contributed by atoms with Crippen molar-refractivity contribution in [2.75, 3.05) is 30.9 Å². The van der Waals surface area contributed by atoms with Gasteiger partial charge < -0.3 is 15.0 Å². The van der Waals surface area contributed by atoms with E-state index in [-0.39, 0.29) is 12.5 Å². The van der Waals surface area contributed by atoms with E-state index in [1.165, 1.54) is 12.1 Å². The number of nitrogens with one attached hydrogen (secondary N) is 1. The first-order chi connectivity index (χ1) is 10.5. The van der Waals surface area contributed by atoms with Crippen LogP contribution in [0.15, 0.2) is 42.5 Å². The summed E-state index contributed by atoms with van der Waals surface area (Å²) in [5.41, 5.74) is 1.11. The molecule has 1 amide bonds. The minimum Gasteiger partial charge on any atom is -0.484 e. The number of ether oxygens (including phenoxy) is 1. The lowest BCUT2D eigenvalue weighted by atomic mass is 10.2. The van der Waals surface area contributed by atoms with Gasteiger partial charge in [0, 0.05) is 19.1 Å². The quantitative estimate of drug-likeness (QED) is 0.915. The molecule has 0 aromatic heterocycles. The molecule has 22 heavy (non-hydrogen) atoms. The van der Waals surface area contributed by atoms with Crippen LogP contribution < -0.4 is 15.0 Å². The molecule has 0 aliphatic heterocycles. The molecule has 0 fully saturated rings. The molecule has 1 N–H and O–H groups in total. The lowest BCUT2D eigenvalue weighted by Crippen LogP contribution is -2.22. The van der Waals surface area contributed by atoms with Gasteiger partial charge >= 0.3 is 0 Å². The van der Waals surface area contributed by atoms with Crippen molar-refractivity contribution in [2.24, 2.45) is 0 Å². The summed E-state index contributed by atoms with van der Waals surface area (Å²) in [6.45, 7) is -0.176. The van der Waals surface area contributed by atoms with E-state index >= 15 is 0 Å². The highest BCUT2D eigenvalue weighted by molar-refractivity contribution is 6.30. The predicted octanol–water partition coefficient (Wildman–Crippen LogP) is 3.56. The number of amides is 1. The lowest BCUT2D eigenvalue weighted by Gasteiger charge is -2.18. The molecule has 0 saturated heterocycles. The fourth-order valence-corrected chi connectivity index (χ4v) is 1.99. The number of hydrogen-bond acceptors (Lipinski definition) is 3. The van der Waals surface area contributed by atoms with Gasteiger partial charge in [-0.2, -0.15) is 0 Å². The highest BCUT2D eigenvalue weighted by Gasteiger charge is 2.10. The number of hydrogen-bond donors (Lipinski definition) is 1. The van der Waals surface area contributed by atoms with E-state index in [9.17, 15) is 9.18 Å². The summed E-state index contributed by atoms with van der Waals surface area (Å²) in [6, 6.07) is 10.9. The van der Waals surface area contributed by atoms with Crippen molar-refractivity contribution < 1.29 is 13.9 Å². The van der Waals surface area contributed by atoms with Gasteiger partial charge in [0.2, 0.25) is 0 Å². The molecule has 0 aliphatic carbocycles. The van der Waals surface area contributed by atoms with Crippen LogP contribution in [-0.4, -0.2) is 26.6 Å². The van der Waals surface area contributed by atoms with Gasteiger partial charge in [-0.25, -0.2) is 4.39 Å². The van der Waals surface area contributed by atoms with Gasteiger partial charge in [-0.05, 0) is 42.5 Å². The minimum absolute atomic E-state index is 0.176. The Bertz CT molecular complexity index is 660. The molecule has 0 unspecified atom stereocenters. The Morgan fingerprint density at radius 3 is 2.55 bits per heavy atom. The number of anilines is 2. The number of halogens is 2. The zero-order valence-corrected chi connectivity index (χ0v) is 13.0. The second-order valence-corrected chi connectivity index (χ2v) is 5.28. The topological polar surface area (TPSA) is 41.6 Å². The van der Waals surface area contributed by atoms with Crippen LogP contribution in [0.3, 0.4) is 0 Å². The van der Waals surface area contributed by atoms with Gasteiger partial charge in [-0.1, -0.05) is 11.6 Å². The Kier molecular flexibility index (Phi) is 5.22. The highest BCUT2D eigenvalue weighted by Crippen LogP contribution is 2.25. The van der Waals surface area contributed by atoms with Crippen LogP contribution >= 0.6 is 11.6 Å². The molecule has 2 rings (SSSR count). The van der Waals surface area contributed by atoms with Gasteiger partial charge in [0.1, 0.15) is 11.6 Å². The molecule has 0 aliphatic rings. The van der Waals surface area contributed by atoms with Crippen molar-refractivity contribution in [1.82, 2.24) is 0 Å².